The minimum absolute atomic E-state index is 0.0546. The van der Waals surface area contributed by atoms with Crippen LogP contribution in [0.5, 0.6) is 0 Å². The first-order chi connectivity index (χ1) is 11.1. The molecular formula is C19H21ClN2O. The van der Waals surface area contributed by atoms with Gasteiger partial charge in [0.2, 0.25) is 5.91 Å². The van der Waals surface area contributed by atoms with Gasteiger partial charge in [0.1, 0.15) is 0 Å². The zero-order valence-corrected chi connectivity index (χ0v) is 13.9. The number of halogens is 1. The Morgan fingerprint density at radius 1 is 1.22 bits per heavy atom. The zero-order valence-electron chi connectivity index (χ0n) is 13.2. The van der Waals surface area contributed by atoms with E-state index in [2.05, 4.69) is 22.8 Å². The van der Waals surface area contributed by atoms with Gasteiger partial charge in [-0.1, -0.05) is 54.9 Å². The lowest BCUT2D eigenvalue weighted by molar-refractivity contribution is -0.126. The van der Waals surface area contributed by atoms with Crippen molar-refractivity contribution < 1.29 is 4.79 Å². The average molecular weight is 329 g/mol. The van der Waals surface area contributed by atoms with Crippen LogP contribution in [0.1, 0.15) is 12.5 Å². The van der Waals surface area contributed by atoms with Crippen molar-refractivity contribution in [1.29, 1.82) is 0 Å². The Morgan fingerprint density at radius 2 is 1.91 bits per heavy atom. The highest BCUT2D eigenvalue weighted by Gasteiger charge is 2.28. The molecule has 120 valence electrons. The molecule has 2 N–H and O–H groups in total. The lowest BCUT2D eigenvalue weighted by atomic mass is 9.88. The van der Waals surface area contributed by atoms with E-state index < -0.39 is 0 Å². The lowest BCUT2D eigenvalue weighted by Crippen LogP contribution is -2.49. The molecule has 1 atom stereocenters. The van der Waals surface area contributed by atoms with E-state index in [1.54, 1.807) is 0 Å². The van der Waals surface area contributed by atoms with Crippen LogP contribution in [0.4, 0.5) is 0 Å². The summed E-state index contributed by atoms with van der Waals surface area (Å²) < 4.78 is 0. The zero-order chi connectivity index (χ0) is 16.2. The third-order valence-electron chi connectivity index (χ3n) is 4.56. The van der Waals surface area contributed by atoms with Crippen LogP contribution >= 0.6 is 11.6 Å². The van der Waals surface area contributed by atoms with Crippen molar-refractivity contribution in [2.75, 3.05) is 13.1 Å². The van der Waals surface area contributed by atoms with Crippen LogP contribution in [0, 0.1) is 11.8 Å². The van der Waals surface area contributed by atoms with Crippen molar-refractivity contribution in [2.45, 2.75) is 13.5 Å². The first-order valence-corrected chi connectivity index (χ1v) is 8.35. The van der Waals surface area contributed by atoms with Gasteiger partial charge in [-0.05, 0) is 47.8 Å². The standard InChI is InChI=1S/C19H21ClN2O/c1-13(16-10-21-11-16)19(23)22-12-15-4-2-3-5-18(15)14-6-8-17(20)9-7-14/h2-9,13,16,21H,10-12H2,1H3,(H,22,23). The van der Waals surface area contributed by atoms with Crippen molar-refractivity contribution in [1.82, 2.24) is 10.6 Å². The van der Waals surface area contributed by atoms with E-state index in [4.69, 9.17) is 11.6 Å². The Balaban J connectivity index is 1.70. The number of hydrogen-bond acceptors (Lipinski definition) is 2. The van der Waals surface area contributed by atoms with E-state index in [0.717, 1.165) is 34.8 Å². The third kappa shape index (κ3) is 3.74. The second-order valence-corrected chi connectivity index (χ2v) is 6.53. The van der Waals surface area contributed by atoms with Crippen LogP contribution in [0.3, 0.4) is 0 Å². The molecule has 0 aromatic heterocycles. The highest BCUT2D eigenvalue weighted by atomic mass is 35.5. The fourth-order valence-corrected chi connectivity index (χ4v) is 2.93. The predicted octanol–water partition coefficient (Wildman–Crippen LogP) is 3.48. The number of nitrogens with one attached hydrogen (secondary N) is 2. The van der Waals surface area contributed by atoms with Crippen LogP contribution in [-0.4, -0.2) is 19.0 Å². The van der Waals surface area contributed by atoms with Gasteiger partial charge >= 0.3 is 0 Å². The van der Waals surface area contributed by atoms with Crippen LogP contribution in [0.2, 0.25) is 5.02 Å². The van der Waals surface area contributed by atoms with Gasteiger partial charge < -0.3 is 10.6 Å². The van der Waals surface area contributed by atoms with Gasteiger partial charge in [0, 0.05) is 17.5 Å². The molecule has 0 radical (unpaired) electrons. The molecule has 1 amide bonds. The predicted molar refractivity (Wildman–Crippen MR) is 94.3 cm³/mol. The molecule has 23 heavy (non-hydrogen) atoms. The molecule has 0 aliphatic carbocycles. The van der Waals surface area contributed by atoms with Gasteiger partial charge in [-0.2, -0.15) is 0 Å². The molecule has 0 spiro atoms. The first-order valence-electron chi connectivity index (χ1n) is 7.97. The molecule has 1 saturated heterocycles. The SMILES string of the molecule is CC(C(=O)NCc1ccccc1-c1ccc(Cl)cc1)C1CNC1. The molecule has 0 saturated carbocycles. The highest BCUT2D eigenvalue weighted by molar-refractivity contribution is 6.30. The molecule has 4 heteroatoms. The minimum Gasteiger partial charge on any atom is -0.352 e. The third-order valence-corrected chi connectivity index (χ3v) is 4.81. The first kappa shape index (κ1) is 16.0. The fraction of sp³-hybridized carbons (Fsp3) is 0.316. The summed E-state index contributed by atoms with van der Waals surface area (Å²) in [4.78, 5) is 12.3. The maximum atomic E-state index is 12.3. The van der Waals surface area contributed by atoms with Crippen molar-refractivity contribution in [2.24, 2.45) is 11.8 Å². The molecule has 1 aliphatic rings. The monoisotopic (exact) mass is 328 g/mol. The second kappa shape index (κ2) is 7.16. The number of amides is 1. The summed E-state index contributed by atoms with van der Waals surface area (Å²) in [7, 11) is 0. The van der Waals surface area contributed by atoms with Gasteiger partial charge in [-0.25, -0.2) is 0 Å². The van der Waals surface area contributed by atoms with Crippen LogP contribution in [0.25, 0.3) is 11.1 Å². The number of carbonyl (C=O) groups excluding carboxylic acids is 1. The summed E-state index contributed by atoms with van der Waals surface area (Å²) in [5, 5.41) is 7.02. The average Bonchev–Trinajstić information content (AvgIpc) is 2.52. The topological polar surface area (TPSA) is 41.1 Å². The van der Waals surface area contributed by atoms with Crippen LogP contribution < -0.4 is 10.6 Å². The van der Waals surface area contributed by atoms with Gasteiger partial charge in [0.25, 0.3) is 0 Å². The number of benzene rings is 2. The highest BCUT2D eigenvalue weighted by Crippen LogP contribution is 2.25. The second-order valence-electron chi connectivity index (χ2n) is 6.09. The Hall–Kier alpha value is -1.84. The molecule has 1 aliphatic heterocycles. The summed E-state index contributed by atoms with van der Waals surface area (Å²) in [6.07, 6.45) is 0. The van der Waals surface area contributed by atoms with E-state index >= 15 is 0 Å². The molecule has 1 heterocycles. The molecule has 3 rings (SSSR count). The maximum Gasteiger partial charge on any atom is 0.223 e. The van der Waals surface area contributed by atoms with Crippen molar-refractivity contribution in [3.63, 3.8) is 0 Å². The quantitative estimate of drug-likeness (QED) is 0.882. The van der Waals surface area contributed by atoms with Gasteiger partial charge in [0.15, 0.2) is 0 Å². The number of rotatable bonds is 5. The summed E-state index contributed by atoms with van der Waals surface area (Å²) in [5.74, 6) is 0.642. The van der Waals surface area contributed by atoms with Gasteiger partial charge in [0.05, 0.1) is 0 Å². The van der Waals surface area contributed by atoms with Crippen LogP contribution in [0.15, 0.2) is 48.5 Å². The van der Waals surface area contributed by atoms with Gasteiger partial charge in [-0.3, -0.25) is 4.79 Å². The summed E-state index contributed by atoms with van der Waals surface area (Å²) in [6.45, 7) is 4.43. The Kier molecular flexibility index (Phi) is 4.99. The van der Waals surface area contributed by atoms with Crippen molar-refractivity contribution >= 4 is 17.5 Å². The van der Waals surface area contributed by atoms with E-state index in [9.17, 15) is 4.79 Å². The van der Waals surface area contributed by atoms with Gasteiger partial charge in [-0.15, -0.1) is 0 Å². The minimum atomic E-state index is 0.0546. The van der Waals surface area contributed by atoms with E-state index in [-0.39, 0.29) is 11.8 Å². The number of carbonyl (C=O) groups is 1. The van der Waals surface area contributed by atoms with E-state index in [0.29, 0.717) is 12.5 Å². The fourth-order valence-electron chi connectivity index (χ4n) is 2.81. The number of hydrogen-bond donors (Lipinski definition) is 2. The molecule has 1 unspecified atom stereocenters. The smallest absolute Gasteiger partial charge is 0.223 e. The van der Waals surface area contributed by atoms with E-state index in [1.165, 1.54) is 0 Å². The Morgan fingerprint density at radius 3 is 2.57 bits per heavy atom. The van der Waals surface area contributed by atoms with Crippen LogP contribution in [-0.2, 0) is 11.3 Å². The summed E-state index contributed by atoms with van der Waals surface area (Å²) in [6, 6.07) is 15.9. The molecule has 2 aromatic carbocycles. The molecule has 2 aromatic rings. The van der Waals surface area contributed by atoms with Crippen molar-refractivity contribution in [3.8, 4) is 11.1 Å². The Bertz CT molecular complexity index is 680. The Labute approximate surface area is 142 Å². The maximum absolute atomic E-state index is 12.3. The lowest BCUT2D eigenvalue weighted by Gasteiger charge is -2.31. The molecular weight excluding hydrogens is 308 g/mol. The molecule has 1 fully saturated rings. The summed E-state index contributed by atoms with van der Waals surface area (Å²) >= 11 is 5.96. The molecule has 3 nitrogen and oxygen atoms in total. The normalized spacial score (nSPS) is 15.7. The molecule has 0 bridgehead atoms. The van der Waals surface area contributed by atoms with E-state index in [1.807, 2.05) is 43.3 Å². The summed E-state index contributed by atoms with van der Waals surface area (Å²) in [5.41, 5.74) is 3.35. The largest absolute Gasteiger partial charge is 0.352 e. The van der Waals surface area contributed by atoms with Crippen molar-refractivity contribution in [3.05, 3.63) is 59.1 Å².